The van der Waals surface area contributed by atoms with Crippen molar-refractivity contribution in [1.82, 2.24) is 9.80 Å². The number of para-hydroxylation sites is 1. The van der Waals surface area contributed by atoms with Crippen molar-refractivity contribution in [1.29, 1.82) is 0 Å². The van der Waals surface area contributed by atoms with Gasteiger partial charge in [0.15, 0.2) is 0 Å². The summed E-state index contributed by atoms with van der Waals surface area (Å²) in [7, 11) is 0. The number of carbonyl (C=O) groups is 1. The molecular formula is C19H28N2O3. The molecule has 0 saturated carbocycles. The molecule has 1 amide bonds. The summed E-state index contributed by atoms with van der Waals surface area (Å²) in [5.41, 5.74) is 0.595. The fourth-order valence-corrected chi connectivity index (χ4v) is 3.70. The molecule has 2 heterocycles. The molecule has 1 aromatic carbocycles. The number of β-amino-alcohol motifs (C(OH)–C–C–N with tert-alkyl or cyclic N) is 1. The van der Waals surface area contributed by atoms with E-state index < -0.39 is 6.10 Å². The smallest absolute Gasteiger partial charge is 0.257 e. The molecule has 2 atom stereocenters. The Morgan fingerprint density at radius 2 is 1.96 bits per heavy atom. The zero-order valence-electron chi connectivity index (χ0n) is 14.5. The highest BCUT2D eigenvalue weighted by Gasteiger charge is 2.38. The number of benzene rings is 1. The Hall–Kier alpha value is -1.59. The van der Waals surface area contributed by atoms with Gasteiger partial charge in [0, 0.05) is 13.1 Å². The van der Waals surface area contributed by atoms with Gasteiger partial charge < -0.3 is 14.7 Å². The quantitative estimate of drug-likeness (QED) is 0.898. The van der Waals surface area contributed by atoms with Gasteiger partial charge in [-0.25, -0.2) is 0 Å². The second-order valence-corrected chi connectivity index (χ2v) is 6.79. The maximum Gasteiger partial charge on any atom is 0.257 e. The largest absolute Gasteiger partial charge is 0.493 e. The van der Waals surface area contributed by atoms with Gasteiger partial charge in [0.25, 0.3) is 5.91 Å². The van der Waals surface area contributed by atoms with Gasteiger partial charge in [-0.3, -0.25) is 9.69 Å². The van der Waals surface area contributed by atoms with Gasteiger partial charge in [0.05, 0.1) is 24.3 Å². The summed E-state index contributed by atoms with van der Waals surface area (Å²) in [5.74, 6) is 0.598. The zero-order chi connectivity index (χ0) is 16.9. The van der Waals surface area contributed by atoms with Crippen molar-refractivity contribution in [2.45, 2.75) is 44.8 Å². The van der Waals surface area contributed by atoms with Crippen LogP contribution in [0.5, 0.6) is 5.75 Å². The maximum absolute atomic E-state index is 12.9. The molecule has 5 nitrogen and oxygen atoms in total. The molecule has 0 spiro atoms. The van der Waals surface area contributed by atoms with Gasteiger partial charge in [-0.15, -0.1) is 0 Å². The number of piperidine rings is 1. The van der Waals surface area contributed by atoms with Crippen LogP contribution in [0, 0.1) is 0 Å². The third kappa shape index (κ3) is 3.73. The van der Waals surface area contributed by atoms with Crippen molar-refractivity contribution >= 4 is 5.91 Å². The van der Waals surface area contributed by atoms with Crippen LogP contribution in [0.1, 0.15) is 43.0 Å². The Bertz CT molecular complexity index is 557. The zero-order valence-corrected chi connectivity index (χ0v) is 14.5. The number of hydrogen-bond acceptors (Lipinski definition) is 4. The Morgan fingerprint density at radius 1 is 1.21 bits per heavy atom. The number of amides is 1. The Morgan fingerprint density at radius 3 is 2.71 bits per heavy atom. The number of aliphatic hydroxyl groups is 1. The van der Waals surface area contributed by atoms with Crippen LogP contribution in [0.3, 0.4) is 0 Å². The van der Waals surface area contributed by atoms with Gasteiger partial charge in [0.1, 0.15) is 5.75 Å². The van der Waals surface area contributed by atoms with E-state index in [1.807, 2.05) is 31.2 Å². The van der Waals surface area contributed by atoms with E-state index in [0.29, 0.717) is 31.0 Å². The first kappa shape index (κ1) is 17.2. The SMILES string of the molecule is CCCOc1ccccc1C(=O)N1C[C@H](O)[C@@H](N2CCCCC2)C1. The van der Waals surface area contributed by atoms with Crippen molar-refractivity contribution in [3.63, 3.8) is 0 Å². The molecule has 2 aliphatic heterocycles. The molecule has 1 aromatic rings. The van der Waals surface area contributed by atoms with Crippen molar-refractivity contribution in [3.05, 3.63) is 29.8 Å². The molecule has 2 fully saturated rings. The number of likely N-dealkylation sites (tertiary alicyclic amines) is 2. The first-order valence-electron chi connectivity index (χ1n) is 9.14. The summed E-state index contributed by atoms with van der Waals surface area (Å²) < 4.78 is 5.72. The molecule has 3 rings (SSSR count). The minimum Gasteiger partial charge on any atom is -0.493 e. The Kier molecular flexibility index (Phi) is 5.74. The third-order valence-corrected chi connectivity index (χ3v) is 4.99. The highest BCUT2D eigenvalue weighted by atomic mass is 16.5. The molecule has 1 N–H and O–H groups in total. The molecule has 0 aromatic heterocycles. The molecule has 24 heavy (non-hydrogen) atoms. The number of ether oxygens (including phenoxy) is 1. The predicted octanol–water partition coefficient (Wildman–Crippen LogP) is 2.15. The molecule has 2 saturated heterocycles. The molecule has 0 aliphatic carbocycles. The van der Waals surface area contributed by atoms with Crippen molar-refractivity contribution < 1.29 is 14.6 Å². The monoisotopic (exact) mass is 332 g/mol. The van der Waals surface area contributed by atoms with E-state index in [-0.39, 0.29) is 11.9 Å². The van der Waals surface area contributed by atoms with Crippen molar-refractivity contribution in [2.24, 2.45) is 0 Å². The average Bonchev–Trinajstić information content (AvgIpc) is 3.02. The van der Waals surface area contributed by atoms with Crippen LogP contribution in [0.15, 0.2) is 24.3 Å². The fourth-order valence-electron chi connectivity index (χ4n) is 3.70. The lowest BCUT2D eigenvalue weighted by Gasteiger charge is -2.33. The van der Waals surface area contributed by atoms with Gasteiger partial charge in [0.2, 0.25) is 0 Å². The summed E-state index contributed by atoms with van der Waals surface area (Å²) in [6.07, 6.45) is 4.08. The van der Waals surface area contributed by atoms with E-state index in [0.717, 1.165) is 19.5 Å². The number of nitrogens with zero attached hydrogens (tertiary/aromatic N) is 2. The lowest BCUT2D eigenvalue weighted by atomic mass is 10.1. The van der Waals surface area contributed by atoms with Gasteiger partial charge >= 0.3 is 0 Å². The van der Waals surface area contributed by atoms with Crippen LogP contribution in [-0.4, -0.2) is 65.7 Å². The van der Waals surface area contributed by atoms with Crippen LogP contribution >= 0.6 is 0 Å². The first-order valence-corrected chi connectivity index (χ1v) is 9.14. The van der Waals surface area contributed by atoms with E-state index in [9.17, 15) is 9.90 Å². The summed E-state index contributed by atoms with van der Waals surface area (Å²) in [6, 6.07) is 7.47. The normalized spacial score (nSPS) is 25.0. The second kappa shape index (κ2) is 7.99. The van der Waals surface area contributed by atoms with Crippen LogP contribution in [0.25, 0.3) is 0 Å². The summed E-state index contributed by atoms with van der Waals surface area (Å²) in [5, 5.41) is 10.5. The Labute approximate surface area is 144 Å². The number of carbonyl (C=O) groups excluding carboxylic acids is 1. The summed E-state index contributed by atoms with van der Waals surface area (Å²) in [4.78, 5) is 17.0. The minimum absolute atomic E-state index is 0.0414. The minimum atomic E-state index is -0.462. The molecule has 132 valence electrons. The van der Waals surface area contributed by atoms with E-state index in [1.165, 1.54) is 19.3 Å². The highest BCUT2D eigenvalue weighted by molar-refractivity contribution is 5.97. The highest BCUT2D eigenvalue weighted by Crippen LogP contribution is 2.25. The molecule has 0 bridgehead atoms. The van der Waals surface area contributed by atoms with Crippen molar-refractivity contribution in [3.8, 4) is 5.75 Å². The molecular weight excluding hydrogens is 304 g/mol. The predicted molar refractivity (Wildman–Crippen MR) is 93.4 cm³/mol. The van der Waals surface area contributed by atoms with Crippen LogP contribution in [0.2, 0.25) is 0 Å². The molecule has 2 aliphatic rings. The van der Waals surface area contributed by atoms with E-state index in [1.54, 1.807) is 4.90 Å². The number of rotatable bonds is 5. The average molecular weight is 332 g/mol. The van der Waals surface area contributed by atoms with Crippen LogP contribution < -0.4 is 4.74 Å². The van der Waals surface area contributed by atoms with E-state index in [4.69, 9.17) is 4.74 Å². The standard InChI is InChI=1S/C19H28N2O3/c1-2-12-24-18-9-5-4-8-15(18)19(23)21-13-16(17(22)14-21)20-10-6-3-7-11-20/h4-5,8-9,16-17,22H,2-3,6-7,10-14H2,1H3/t16-,17-/m0/s1. The molecule has 0 unspecified atom stereocenters. The van der Waals surface area contributed by atoms with Gasteiger partial charge in [-0.1, -0.05) is 25.5 Å². The summed E-state index contributed by atoms with van der Waals surface area (Å²) in [6.45, 7) is 5.71. The Balaban J connectivity index is 1.69. The van der Waals surface area contributed by atoms with Gasteiger partial charge in [-0.05, 0) is 44.5 Å². The third-order valence-electron chi connectivity index (χ3n) is 4.99. The van der Waals surface area contributed by atoms with Gasteiger partial charge in [-0.2, -0.15) is 0 Å². The molecule has 0 radical (unpaired) electrons. The van der Waals surface area contributed by atoms with Crippen LogP contribution in [0.4, 0.5) is 0 Å². The lowest BCUT2D eigenvalue weighted by Crippen LogP contribution is -2.46. The first-order chi connectivity index (χ1) is 11.7. The lowest BCUT2D eigenvalue weighted by molar-refractivity contribution is 0.0702. The number of aliphatic hydroxyl groups excluding tert-OH is 1. The van der Waals surface area contributed by atoms with Crippen molar-refractivity contribution in [2.75, 3.05) is 32.8 Å². The topological polar surface area (TPSA) is 53.0 Å². The second-order valence-electron chi connectivity index (χ2n) is 6.79. The fraction of sp³-hybridized carbons (Fsp3) is 0.632. The molecule has 5 heteroatoms. The van der Waals surface area contributed by atoms with E-state index >= 15 is 0 Å². The number of hydrogen-bond donors (Lipinski definition) is 1. The summed E-state index contributed by atoms with van der Waals surface area (Å²) >= 11 is 0. The van der Waals surface area contributed by atoms with E-state index in [2.05, 4.69) is 4.90 Å². The van der Waals surface area contributed by atoms with Crippen LogP contribution in [-0.2, 0) is 0 Å². The maximum atomic E-state index is 12.9.